The minimum atomic E-state index is 0.721. The summed E-state index contributed by atoms with van der Waals surface area (Å²) in [6.45, 7) is 0. The van der Waals surface area contributed by atoms with E-state index in [1.165, 1.54) is 10.8 Å². The summed E-state index contributed by atoms with van der Waals surface area (Å²) < 4.78 is 0. The van der Waals surface area contributed by atoms with E-state index in [9.17, 15) is 0 Å². The number of fused-ring (bicyclic) bond motifs is 3. The van der Waals surface area contributed by atoms with E-state index in [2.05, 4.69) is 66.7 Å². The fourth-order valence-corrected chi connectivity index (χ4v) is 4.44. The number of hydrogen-bond donors (Lipinski definition) is 0. The van der Waals surface area contributed by atoms with E-state index in [0.29, 0.717) is 0 Å². The van der Waals surface area contributed by atoms with Gasteiger partial charge in [-0.15, -0.1) is 0 Å². The number of halogens is 1. The zero-order valence-corrected chi connectivity index (χ0v) is 17.3. The second kappa shape index (κ2) is 7.19. The summed E-state index contributed by atoms with van der Waals surface area (Å²) >= 11 is 6.48. The zero-order valence-electron chi connectivity index (χ0n) is 16.6. The minimum Gasteiger partial charge on any atom is -0.228 e. The Kier molecular flexibility index (Phi) is 4.19. The zero-order chi connectivity index (χ0) is 20.8. The van der Waals surface area contributed by atoms with Crippen LogP contribution < -0.4 is 0 Å². The molecule has 0 saturated heterocycles. The van der Waals surface area contributed by atoms with E-state index >= 15 is 0 Å². The normalized spacial score (nSPS) is 11.4. The molecule has 6 rings (SSSR count). The Hall–Kier alpha value is -3.75. The Morgan fingerprint density at radius 1 is 0.548 bits per heavy atom. The van der Waals surface area contributed by atoms with Crippen molar-refractivity contribution in [2.75, 3.05) is 0 Å². The average Bonchev–Trinajstić information content (AvgIpc) is 2.83. The molecule has 0 aliphatic heterocycles. The van der Waals surface area contributed by atoms with Crippen molar-refractivity contribution in [2.45, 2.75) is 0 Å². The third-order valence-electron chi connectivity index (χ3n) is 5.74. The van der Waals surface area contributed by atoms with Gasteiger partial charge in [-0.25, -0.2) is 9.97 Å². The first-order valence-electron chi connectivity index (χ1n) is 10.2. The first-order chi connectivity index (χ1) is 15.3. The lowest BCUT2D eigenvalue weighted by Crippen LogP contribution is -1.96. The first kappa shape index (κ1) is 18.1. The Morgan fingerprint density at radius 2 is 1.26 bits per heavy atom. The van der Waals surface area contributed by atoms with E-state index in [1.807, 2.05) is 36.4 Å². The third kappa shape index (κ3) is 3.04. The van der Waals surface area contributed by atoms with Gasteiger partial charge in [0.2, 0.25) is 0 Å². The highest BCUT2D eigenvalue weighted by Crippen LogP contribution is 2.36. The molecule has 2 nitrogen and oxygen atoms in total. The molecule has 0 amide bonds. The van der Waals surface area contributed by atoms with Gasteiger partial charge in [-0.2, -0.15) is 0 Å². The summed E-state index contributed by atoms with van der Waals surface area (Å²) in [6, 6.07) is 35.1. The van der Waals surface area contributed by atoms with Gasteiger partial charge in [0, 0.05) is 26.9 Å². The van der Waals surface area contributed by atoms with Crippen LogP contribution in [0.15, 0.2) is 103 Å². The van der Waals surface area contributed by atoms with Crippen molar-refractivity contribution >= 4 is 44.0 Å². The van der Waals surface area contributed by atoms with Crippen LogP contribution in [0.2, 0.25) is 5.02 Å². The number of para-hydroxylation sites is 1. The number of nitrogens with zero attached hydrogens (tertiary/aromatic N) is 2. The highest BCUT2D eigenvalue weighted by molar-refractivity contribution is 6.36. The largest absolute Gasteiger partial charge is 0.228 e. The molecule has 5 aromatic carbocycles. The van der Waals surface area contributed by atoms with Gasteiger partial charge in [-0.05, 0) is 34.4 Å². The van der Waals surface area contributed by atoms with Crippen molar-refractivity contribution in [3.8, 4) is 22.6 Å². The molecular formula is C28H17ClN2. The summed E-state index contributed by atoms with van der Waals surface area (Å²) in [4.78, 5) is 9.97. The maximum Gasteiger partial charge on any atom is 0.160 e. The number of hydrogen-bond acceptors (Lipinski definition) is 2. The lowest BCUT2D eigenvalue weighted by Gasteiger charge is -2.12. The van der Waals surface area contributed by atoms with E-state index in [0.717, 1.165) is 49.3 Å². The van der Waals surface area contributed by atoms with Gasteiger partial charge in [0.25, 0.3) is 0 Å². The quantitative estimate of drug-likeness (QED) is 0.286. The van der Waals surface area contributed by atoms with Gasteiger partial charge in [0.05, 0.1) is 11.2 Å². The predicted octanol–water partition coefficient (Wildman–Crippen LogP) is 7.92. The van der Waals surface area contributed by atoms with E-state index < -0.39 is 0 Å². The SMILES string of the molecule is Clc1ccc(-c2nc(-c3ccc4ccccc4c3)nc3ccccc23)c2ccccc12. The molecule has 0 N–H and O–H groups in total. The monoisotopic (exact) mass is 416 g/mol. The molecule has 1 heterocycles. The number of benzene rings is 5. The summed E-state index contributed by atoms with van der Waals surface area (Å²) in [5.74, 6) is 0.721. The molecule has 0 radical (unpaired) electrons. The van der Waals surface area contributed by atoms with E-state index in [-0.39, 0.29) is 0 Å². The average molecular weight is 417 g/mol. The minimum absolute atomic E-state index is 0.721. The topological polar surface area (TPSA) is 25.8 Å². The van der Waals surface area contributed by atoms with Crippen LogP contribution in [0.5, 0.6) is 0 Å². The van der Waals surface area contributed by atoms with Crippen LogP contribution in [-0.2, 0) is 0 Å². The molecule has 31 heavy (non-hydrogen) atoms. The van der Waals surface area contributed by atoms with Crippen LogP contribution in [0.4, 0.5) is 0 Å². The molecule has 0 saturated carbocycles. The van der Waals surface area contributed by atoms with Crippen LogP contribution in [0.25, 0.3) is 55.1 Å². The highest BCUT2D eigenvalue weighted by atomic mass is 35.5. The van der Waals surface area contributed by atoms with Crippen LogP contribution in [0.1, 0.15) is 0 Å². The molecule has 0 bridgehead atoms. The van der Waals surface area contributed by atoms with Crippen molar-refractivity contribution in [1.82, 2.24) is 9.97 Å². The Bertz CT molecular complexity index is 1600. The Labute approximate surface area is 184 Å². The maximum absolute atomic E-state index is 6.48. The molecule has 1 aromatic heterocycles. The molecule has 146 valence electrons. The highest BCUT2D eigenvalue weighted by Gasteiger charge is 2.14. The predicted molar refractivity (Wildman–Crippen MR) is 130 cm³/mol. The lowest BCUT2D eigenvalue weighted by molar-refractivity contribution is 1.23. The third-order valence-corrected chi connectivity index (χ3v) is 6.07. The molecule has 3 heteroatoms. The van der Waals surface area contributed by atoms with Gasteiger partial charge in [0.15, 0.2) is 5.82 Å². The lowest BCUT2D eigenvalue weighted by atomic mass is 9.99. The fraction of sp³-hybridized carbons (Fsp3) is 0. The van der Waals surface area contributed by atoms with Crippen molar-refractivity contribution < 1.29 is 0 Å². The molecule has 6 aromatic rings. The van der Waals surface area contributed by atoms with E-state index in [1.54, 1.807) is 0 Å². The standard InChI is InChI=1S/C28H17ClN2/c29-25-16-15-23(21-9-3-4-10-22(21)25)27-24-11-5-6-12-26(24)30-28(31-27)20-14-13-18-7-1-2-8-19(18)17-20/h1-17H. The van der Waals surface area contributed by atoms with Gasteiger partial charge >= 0.3 is 0 Å². The van der Waals surface area contributed by atoms with Crippen molar-refractivity contribution in [3.05, 3.63) is 108 Å². The number of rotatable bonds is 2. The second-order valence-electron chi connectivity index (χ2n) is 7.62. The van der Waals surface area contributed by atoms with Gasteiger partial charge in [-0.3, -0.25) is 0 Å². The molecule has 0 aliphatic rings. The number of aromatic nitrogens is 2. The summed E-state index contributed by atoms with van der Waals surface area (Å²) in [6.07, 6.45) is 0. The molecule has 0 unspecified atom stereocenters. The van der Waals surface area contributed by atoms with Crippen molar-refractivity contribution in [3.63, 3.8) is 0 Å². The van der Waals surface area contributed by atoms with Gasteiger partial charge in [-0.1, -0.05) is 96.5 Å². The Morgan fingerprint density at radius 3 is 2.13 bits per heavy atom. The smallest absolute Gasteiger partial charge is 0.160 e. The van der Waals surface area contributed by atoms with E-state index in [4.69, 9.17) is 21.6 Å². The van der Waals surface area contributed by atoms with Crippen LogP contribution in [-0.4, -0.2) is 9.97 Å². The van der Waals surface area contributed by atoms with Crippen LogP contribution in [0.3, 0.4) is 0 Å². The van der Waals surface area contributed by atoms with Crippen molar-refractivity contribution in [2.24, 2.45) is 0 Å². The molecule has 0 atom stereocenters. The summed E-state index contributed by atoms with van der Waals surface area (Å²) in [5, 5.41) is 6.26. The van der Waals surface area contributed by atoms with Crippen LogP contribution >= 0.6 is 11.6 Å². The first-order valence-corrected chi connectivity index (χ1v) is 10.6. The molecular weight excluding hydrogens is 400 g/mol. The van der Waals surface area contributed by atoms with Gasteiger partial charge in [0.1, 0.15) is 0 Å². The maximum atomic E-state index is 6.48. The molecule has 0 spiro atoms. The molecule has 0 fully saturated rings. The van der Waals surface area contributed by atoms with Crippen molar-refractivity contribution in [1.29, 1.82) is 0 Å². The van der Waals surface area contributed by atoms with Gasteiger partial charge < -0.3 is 0 Å². The molecule has 0 aliphatic carbocycles. The summed E-state index contributed by atoms with van der Waals surface area (Å²) in [7, 11) is 0. The fourth-order valence-electron chi connectivity index (χ4n) is 4.21. The van der Waals surface area contributed by atoms with Crippen LogP contribution in [0, 0.1) is 0 Å². The Balaban J connectivity index is 1.66. The second-order valence-corrected chi connectivity index (χ2v) is 8.02. The summed E-state index contributed by atoms with van der Waals surface area (Å²) in [5.41, 5.74) is 3.90.